The average molecular weight is 278 g/mol. The lowest BCUT2D eigenvalue weighted by Crippen LogP contribution is -2.12. The van der Waals surface area contributed by atoms with Crippen LogP contribution in [0.1, 0.15) is 18.5 Å². The number of hydrogen-bond donors (Lipinski definition) is 1. The van der Waals surface area contributed by atoms with E-state index < -0.39 is 0 Å². The van der Waals surface area contributed by atoms with Crippen molar-refractivity contribution in [3.63, 3.8) is 0 Å². The summed E-state index contributed by atoms with van der Waals surface area (Å²) in [6, 6.07) is 16.7. The summed E-state index contributed by atoms with van der Waals surface area (Å²) in [5, 5.41) is 4.08. The predicted octanol–water partition coefficient (Wildman–Crippen LogP) is 4.77. The first-order valence-corrected chi connectivity index (χ1v) is 7.10. The minimum Gasteiger partial charge on any atom is -0.313 e. The summed E-state index contributed by atoms with van der Waals surface area (Å²) in [6.07, 6.45) is 0. The van der Waals surface area contributed by atoms with Crippen LogP contribution < -0.4 is 5.32 Å². The van der Waals surface area contributed by atoms with Crippen molar-refractivity contribution < 1.29 is 0 Å². The van der Waals surface area contributed by atoms with Crippen molar-refractivity contribution >= 4 is 23.4 Å². The van der Waals surface area contributed by atoms with Gasteiger partial charge in [0.15, 0.2) is 0 Å². The van der Waals surface area contributed by atoms with Crippen LogP contribution in [0, 0.1) is 0 Å². The lowest BCUT2D eigenvalue weighted by atomic mass is 10.1. The van der Waals surface area contributed by atoms with Crippen molar-refractivity contribution in [1.29, 1.82) is 0 Å². The van der Waals surface area contributed by atoms with Crippen LogP contribution >= 0.6 is 23.4 Å². The van der Waals surface area contributed by atoms with Crippen molar-refractivity contribution in [2.45, 2.75) is 22.8 Å². The standard InChI is InChI=1S/C15H16ClNS/c1-11(17-2)12-7-3-5-9-14(12)18-15-10-6-4-8-13(15)16/h3-11,17H,1-2H3. The molecule has 0 saturated carbocycles. The van der Waals surface area contributed by atoms with Crippen LogP contribution in [0.4, 0.5) is 0 Å². The minimum atomic E-state index is 0.330. The molecule has 18 heavy (non-hydrogen) atoms. The SMILES string of the molecule is CNC(C)c1ccccc1Sc1ccccc1Cl. The molecule has 1 nitrogen and oxygen atoms in total. The minimum absolute atomic E-state index is 0.330. The van der Waals surface area contributed by atoms with E-state index >= 15 is 0 Å². The van der Waals surface area contributed by atoms with Crippen LogP contribution in [0.5, 0.6) is 0 Å². The fraction of sp³-hybridized carbons (Fsp3) is 0.200. The van der Waals surface area contributed by atoms with E-state index in [1.165, 1.54) is 10.5 Å². The second-order valence-corrected chi connectivity index (χ2v) is 5.57. The maximum atomic E-state index is 6.20. The number of benzene rings is 2. The topological polar surface area (TPSA) is 12.0 Å². The van der Waals surface area contributed by atoms with Crippen LogP contribution in [-0.4, -0.2) is 7.05 Å². The van der Waals surface area contributed by atoms with Gasteiger partial charge in [-0.2, -0.15) is 0 Å². The van der Waals surface area contributed by atoms with Gasteiger partial charge in [0.25, 0.3) is 0 Å². The Kier molecular flexibility index (Phi) is 4.70. The third-order valence-corrected chi connectivity index (χ3v) is 4.48. The van der Waals surface area contributed by atoms with Gasteiger partial charge in [-0.1, -0.05) is 53.7 Å². The summed E-state index contributed by atoms with van der Waals surface area (Å²) >= 11 is 7.92. The Labute approximate surface area is 118 Å². The zero-order chi connectivity index (χ0) is 13.0. The van der Waals surface area contributed by atoms with Gasteiger partial charge >= 0.3 is 0 Å². The molecule has 0 bridgehead atoms. The smallest absolute Gasteiger partial charge is 0.0545 e. The van der Waals surface area contributed by atoms with E-state index in [-0.39, 0.29) is 0 Å². The third kappa shape index (κ3) is 3.08. The molecule has 1 atom stereocenters. The molecule has 0 aliphatic heterocycles. The molecule has 0 saturated heterocycles. The Hall–Kier alpha value is -0.960. The Morgan fingerprint density at radius 1 is 1.00 bits per heavy atom. The predicted molar refractivity (Wildman–Crippen MR) is 79.5 cm³/mol. The summed E-state index contributed by atoms with van der Waals surface area (Å²) in [4.78, 5) is 2.34. The molecule has 3 heteroatoms. The molecule has 0 aliphatic rings. The molecule has 0 heterocycles. The van der Waals surface area contributed by atoms with Gasteiger partial charge in [-0.05, 0) is 37.7 Å². The first-order chi connectivity index (χ1) is 8.72. The van der Waals surface area contributed by atoms with Crippen LogP contribution in [0.3, 0.4) is 0 Å². The molecular weight excluding hydrogens is 262 g/mol. The molecular formula is C15H16ClNS. The maximum absolute atomic E-state index is 6.20. The van der Waals surface area contributed by atoms with Crippen molar-refractivity contribution in [3.05, 3.63) is 59.1 Å². The highest BCUT2D eigenvalue weighted by Crippen LogP contribution is 2.36. The van der Waals surface area contributed by atoms with E-state index in [1.54, 1.807) is 11.8 Å². The fourth-order valence-electron chi connectivity index (χ4n) is 1.73. The Bertz CT molecular complexity index is 527. The Morgan fingerprint density at radius 2 is 1.61 bits per heavy atom. The van der Waals surface area contributed by atoms with Gasteiger partial charge in [0, 0.05) is 15.8 Å². The van der Waals surface area contributed by atoms with E-state index in [1.807, 2.05) is 31.3 Å². The fourth-order valence-corrected chi connectivity index (χ4v) is 3.04. The molecule has 1 unspecified atom stereocenters. The Balaban J connectivity index is 2.32. The monoisotopic (exact) mass is 277 g/mol. The molecule has 0 amide bonds. The lowest BCUT2D eigenvalue weighted by Gasteiger charge is -2.15. The highest BCUT2D eigenvalue weighted by atomic mass is 35.5. The van der Waals surface area contributed by atoms with Gasteiger partial charge in [0.2, 0.25) is 0 Å². The molecule has 0 radical (unpaired) electrons. The van der Waals surface area contributed by atoms with Crippen molar-refractivity contribution in [3.8, 4) is 0 Å². The zero-order valence-corrected chi connectivity index (χ0v) is 12.1. The molecule has 2 aromatic carbocycles. The summed E-state index contributed by atoms with van der Waals surface area (Å²) < 4.78 is 0. The summed E-state index contributed by atoms with van der Waals surface area (Å²) in [6.45, 7) is 2.16. The molecule has 2 aromatic rings. The van der Waals surface area contributed by atoms with Crippen molar-refractivity contribution in [1.82, 2.24) is 5.32 Å². The molecule has 0 aliphatic carbocycles. The normalized spacial score (nSPS) is 12.4. The van der Waals surface area contributed by atoms with Crippen LogP contribution in [-0.2, 0) is 0 Å². The van der Waals surface area contributed by atoms with E-state index in [4.69, 9.17) is 11.6 Å². The molecule has 0 spiro atoms. The second-order valence-electron chi connectivity index (χ2n) is 4.08. The second kappa shape index (κ2) is 6.28. The van der Waals surface area contributed by atoms with Crippen molar-refractivity contribution in [2.24, 2.45) is 0 Å². The molecule has 2 rings (SSSR count). The number of hydrogen-bond acceptors (Lipinski definition) is 2. The summed E-state index contributed by atoms with van der Waals surface area (Å²) in [7, 11) is 1.97. The molecule has 94 valence electrons. The molecule has 0 aromatic heterocycles. The number of nitrogens with one attached hydrogen (secondary N) is 1. The lowest BCUT2D eigenvalue weighted by molar-refractivity contribution is 0.641. The van der Waals surface area contributed by atoms with Gasteiger partial charge in [-0.15, -0.1) is 0 Å². The van der Waals surface area contributed by atoms with Gasteiger partial charge in [0.1, 0.15) is 0 Å². The van der Waals surface area contributed by atoms with Gasteiger partial charge in [0.05, 0.1) is 5.02 Å². The van der Waals surface area contributed by atoms with Gasteiger partial charge in [-0.25, -0.2) is 0 Å². The number of rotatable bonds is 4. The first-order valence-electron chi connectivity index (χ1n) is 5.91. The van der Waals surface area contributed by atoms with E-state index in [2.05, 4.69) is 36.5 Å². The molecule has 0 fully saturated rings. The van der Waals surface area contributed by atoms with Crippen LogP contribution in [0.25, 0.3) is 0 Å². The van der Waals surface area contributed by atoms with Crippen LogP contribution in [0.15, 0.2) is 58.3 Å². The first kappa shape index (κ1) is 13.5. The van der Waals surface area contributed by atoms with E-state index in [0.717, 1.165) is 9.92 Å². The van der Waals surface area contributed by atoms with Crippen molar-refractivity contribution in [2.75, 3.05) is 7.05 Å². The Morgan fingerprint density at radius 3 is 2.28 bits per heavy atom. The van der Waals surface area contributed by atoms with Gasteiger partial charge in [-0.3, -0.25) is 0 Å². The molecule has 1 N–H and O–H groups in total. The third-order valence-electron chi connectivity index (χ3n) is 2.88. The highest BCUT2D eigenvalue weighted by Gasteiger charge is 2.10. The quantitative estimate of drug-likeness (QED) is 0.864. The largest absolute Gasteiger partial charge is 0.313 e. The highest BCUT2D eigenvalue weighted by molar-refractivity contribution is 7.99. The van der Waals surface area contributed by atoms with Gasteiger partial charge < -0.3 is 5.32 Å². The van der Waals surface area contributed by atoms with Crippen LogP contribution in [0.2, 0.25) is 5.02 Å². The maximum Gasteiger partial charge on any atom is 0.0545 e. The summed E-state index contributed by atoms with van der Waals surface area (Å²) in [5.74, 6) is 0. The number of halogens is 1. The zero-order valence-electron chi connectivity index (χ0n) is 10.5. The summed E-state index contributed by atoms with van der Waals surface area (Å²) in [5.41, 5.74) is 1.30. The van der Waals surface area contributed by atoms with E-state index in [9.17, 15) is 0 Å². The average Bonchev–Trinajstić information content (AvgIpc) is 2.41. The van der Waals surface area contributed by atoms with E-state index in [0.29, 0.717) is 6.04 Å².